The number of rotatable bonds is 8. The van der Waals surface area contributed by atoms with Crippen LogP contribution in [-0.4, -0.2) is 62.0 Å². The van der Waals surface area contributed by atoms with Crippen molar-refractivity contribution in [3.63, 3.8) is 0 Å². The SMILES string of the molecule is COc1ccc(-c2ccc(N(C)C(C)=O)cc2)cc1CN(C(=O)c1sc2ccccc2c1Cl)[C@H]1CC[C@H](N(C)C)CC1. The van der Waals surface area contributed by atoms with Crippen LogP contribution in [0.4, 0.5) is 5.69 Å². The first-order valence-corrected chi connectivity index (χ1v) is 15.5. The minimum absolute atomic E-state index is 0.0161. The lowest BCUT2D eigenvalue weighted by atomic mass is 9.89. The van der Waals surface area contributed by atoms with Crippen LogP contribution in [0.25, 0.3) is 21.2 Å². The fourth-order valence-corrected chi connectivity index (χ4v) is 7.33. The van der Waals surface area contributed by atoms with E-state index in [1.165, 1.54) is 11.3 Å². The number of methoxy groups -OCH3 is 1. The predicted molar refractivity (Wildman–Crippen MR) is 174 cm³/mol. The van der Waals surface area contributed by atoms with Gasteiger partial charge in [-0.3, -0.25) is 9.59 Å². The topological polar surface area (TPSA) is 53.1 Å². The minimum Gasteiger partial charge on any atom is -0.496 e. The lowest BCUT2D eigenvalue weighted by Crippen LogP contribution is -2.44. The highest BCUT2D eigenvalue weighted by Crippen LogP contribution is 2.38. The summed E-state index contributed by atoms with van der Waals surface area (Å²) in [6.07, 6.45) is 3.95. The second-order valence-electron chi connectivity index (χ2n) is 11.3. The third kappa shape index (κ3) is 6.19. The number of fused-ring (bicyclic) bond motifs is 1. The summed E-state index contributed by atoms with van der Waals surface area (Å²) in [6.45, 7) is 1.97. The van der Waals surface area contributed by atoms with Crippen molar-refractivity contribution in [3.8, 4) is 16.9 Å². The average molecular weight is 604 g/mol. The highest BCUT2D eigenvalue weighted by Gasteiger charge is 2.33. The van der Waals surface area contributed by atoms with Gasteiger partial charge in [-0.05, 0) is 81.2 Å². The highest BCUT2D eigenvalue weighted by atomic mass is 35.5. The van der Waals surface area contributed by atoms with Gasteiger partial charge in [-0.15, -0.1) is 11.3 Å². The molecule has 220 valence electrons. The third-order valence-corrected chi connectivity index (χ3v) is 10.2. The number of hydrogen-bond acceptors (Lipinski definition) is 5. The molecule has 1 aliphatic carbocycles. The van der Waals surface area contributed by atoms with E-state index in [1.54, 1.807) is 26.0 Å². The number of carbonyl (C=O) groups is 2. The van der Waals surface area contributed by atoms with Gasteiger partial charge in [0.25, 0.3) is 5.91 Å². The number of anilines is 1. The van der Waals surface area contributed by atoms with Crippen LogP contribution in [0.3, 0.4) is 0 Å². The van der Waals surface area contributed by atoms with Gasteiger partial charge < -0.3 is 19.4 Å². The first kappa shape index (κ1) is 30.1. The number of benzene rings is 3. The Morgan fingerprint density at radius 1 is 0.905 bits per heavy atom. The van der Waals surface area contributed by atoms with Gasteiger partial charge in [0, 0.05) is 53.9 Å². The van der Waals surface area contributed by atoms with Gasteiger partial charge in [0.05, 0.1) is 12.1 Å². The van der Waals surface area contributed by atoms with E-state index >= 15 is 0 Å². The van der Waals surface area contributed by atoms with Crippen LogP contribution in [0, 0.1) is 0 Å². The van der Waals surface area contributed by atoms with E-state index < -0.39 is 0 Å². The van der Waals surface area contributed by atoms with Crippen molar-refractivity contribution in [3.05, 3.63) is 82.2 Å². The smallest absolute Gasteiger partial charge is 0.266 e. The van der Waals surface area contributed by atoms with Gasteiger partial charge >= 0.3 is 0 Å². The van der Waals surface area contributed by atoms with Crippen LogP contribution in [-0.2, 0) is 11.3 Å². The summed E-state index contributed by atoms with van der Waals surface area (Å²) in [7, 11) is 7.70. The molecule has 0 atom stereocenters. The molecular formula is C34H38ClN3O3S. The Hall–Kier alpha value is -3.39. The molecule has 0 radical (unpaired) electrons. The Bertz CT molecular complexity index is 1570. The molecule has 1 saturated carbocycles. The predicted octanol–water partition coefficient (Wildman–Crippen LogP) is 7.73. The van der Waals surface area contributed by atoms with Crippen LogP contribution >= 0.6 is 22.9 Å². The Kier molecular flexibility index (Phi) is 9.21. The van der Waals surface area contributed by atoms with Gasteiger partial charge in [0.2, 0.25) is 5.91 Å². The van der Waals surface area contributed by atoms with Crippen molar-refractivity contribution in [2.45, 2.75) is 51.2 Å². The van der Waals surface area contributed by atoms with Gasteiger partial charge in [-0.1, -0.05) is 48.0 Å². The zero-order valence-corrected chi connectivity index (χ0v) is 26.5. The minimum atomic E-state index is -0.0291. The molecule has 0 spiro atoms. The second-order valence-corrected chi connectivity index (χ2v) is 12.7. The summed E-state index contributed by atoms with van der Waals surface area (Å²) in [6, 6.07) is 22.6. The summed E-state index contributed by atoms with van der Waals surface area (Å²) >= 11 is 8.29. The van der Waals surface area contributed by atoms with Crippen molar-refractivity contribution in [1.82, 2.24) is 9.80 Å². The molecule has 42 heavy (non-hydrogen) atoms. The van der Waals surface area contributed by atoms with Crippen LogP contribution in [0.1, 0.15) is 47.8 Å². The molecule has 1 aliphatic rings. The molecule has 0 saturated heterocycles. The number of nitrogens with zero attached hydrogens (tertiary/aromatic N) is 3. The van der Waals surface area contributed by atoms with Gasteiger partial charge in [-0.2, -0.15) is 0 Å². The van der Waals surface area contributed by atoms with Gasteiger partial charge in [-0.25, -0.2) is 0 Å². The molecule has 0 unspecified atom stereocenters. The molecule has 0 N–H and O–H groups in total. The maximum atomic E-state index is 14.3. The Morgan fingerprint density at radius 2 is 1.55 bits per heavy atom. The van der Waals surface area contributed by atoms with Gasteiger partial charge in [0.1, 0.15) is 10.6 Å². The number of ether oxygens (including phenoxy) is 1. The van der Waals surface area contributed by atoms with Gasteiger partial charge in [0.15, 0.2) is 0 Å². The molecule has 3 aromatic carbocycles. The molecule has 8 heteroatoms. The third-order valence-electron chi connectivity index (χ3n) is 8.51. The Balaban J connectivity index is 1.49. The monoisotopic (exact) mass is 603 g/mol. The number of halogens is 1. The number of thiophene rings is 1. The van der Waals surface area contributed by atoms with Crippen molar-refractivity contribution in [2.75, 3.05) is 33.2 Å². The molecule has 0 bridgehead atoms. The van der Waals surface area contributed by atoms with Crippen molar-refractivity contribution >= 4 is 50.5 Å². The number of hydrogen-bond donors (Lipinski definition) is 0. The normalized spacial score (nSPS) is 16.9. The van der Waals surface area contributed by atoms with Crippen LogP contribution < -0.4 is 9.64 Å². The number of amides is 2. The molecule has 1 aromatic heterocycles. The molecule has 0 aliphatic heterocycles. The fraction of sp³-hybridized carbons (Fsp3) is 0.353. The van der Waals surface area contributed by atoms with E-state index in [4.69, 9.17) is 16.3 Å². The zero-order chi connectivity index (χ0) is 30.0. The first-order valence-electron chi connectivity index (χ1n) is 14.3. The molecule has 5 rings (SSSR count). The standard InChI is InChI=1S/C34H38ClN3O3S/c1-22(39)37(4)27-13-10-23(11-14-27)24-12-19-30(41-5)25(20-24)21-38(28-17-15-26(16-18-28)36(2)3)34(40)33-32(35)29-8-6-7-9-31(29)42-33/h6-14,19-20,26,28H,15-18,21H2,1-5H3/t26-,28-. The molecule has 2 amide bonds. The average Bonchev–Trinajstić information content (AvgIpc) is 3.35. The summed E-state index contributed by atoms with van der Waals surface area (Å²) in [4.78, 5) is 32.7. The summed E-state index contributed by atoms with van der Waals surface area (Å²) in [5.41, 5.74) is 3.83. The largest absolute Gasteiger partial charge is 0.496 e. The van der Waals surface area contributed by atoms with Crippen LogP contribution in [0.15, 0.2) is 66.7 Å². The van der Waals surface area contributed by atoms with E-state index in [0.717, 1.165) is 63.9 Å². The number of carbonyl (C=O) groups excluding carboxylic acids is 2. The van der Waals surface area contributed by atoms with E-state index in [9.17, 15) is 9.59 Å². The van der Waals surface area contributed by atoms with E-state index in [-0.39, 0.29) is 17.9 Å². The van der Waals surface area contributed by atoms with Crippen LogP contribution in [0.2, 0.25) is 5.02 Å². The van der Waals surface area contributed by atoms with E-state index in [1.807, 2.05) is 65.6 Å². The highest BCUT2D eigenvalue weighted by molar-refractivity contribution is 7.21. The molecular weight excluding hydrogens is 566 g/mol. The Labute approximate surface area is 257 Å². The lowest BCUT2D eigenvalue weighted by molar-refractivity contribution is -0.116. The second kappa shape index (κ2) is 12.9. The molecule has 1 fully saturated rings. The fourth-order valence-electron chi connectivity index (χ4n) is 5.86. The van der Waals surface area contributed by atoms with E-state index in [0.29, 0.717) is 22.5 Å². The maximum absolute atomic E-state index is 14.3. The molecule has 4 aromatic rings. The lowest BCUT2D eigenvalue weighted by Gasteiger charge is -2.39. The molecule has 1 heterocycles. The van der Waals surface area contributed by atoms with Crippen molar-refractivity contribution in [1.29, 1.82) is 0 Å². The van der Waals surface area contributed by atoms with Crippen molar-refractivity contribution in [2.24, 2.45) is 0 Å². The Morgan fingerprint density at radius 3 is 2.17 bits per heavy atom. The summed E-state index contributed by atoms with van der Waals surface area (Å²) in [5.74, 6) is 0.699. The quantitative estimate of drug-likeness (QED) is 0.207. The van der Waals surface area contributed by atoms with Crippen LogP contribution in [0.5, 0.6) is 5.75 Å². The zero-order valence-electron chi connectivity index (χ0n) is 24.9. The van der Waals surface area contributed by atoms with E-state index in [2.05, 4.69) is 25.1 Å². The molecule has 6 nitrogen and oxygen atoms in total. The summed E-state index contributed by atoms with van der Waals surface area (Å²) < 4.78 is 6.81. The first-order chi connectivity index (χ1) is 20.2. The van der Waals surface area contributed by atoms with Crippen molar-refractivity contribution < 1.29 is 14.3 Å². The maximum Gasteiger partial charge on any atom is 0.266 e. The summed E-state index contributed by atoms with van der Waals surface area (Å²) in [5, 5.41) is 1.45.